The van der Waals surface area contributed by atoms with Gasteiger partial charge in [0.15, 0.2) is 0 Å². The van der Waals surface area contributed by atoms with Crippen molar-refractivity contribution in [2.45, 2.75) is 57.5 Å². The van der Waals surface area contributed by atoms with Crippen molar-refractivity contribution < 1.29 is 19.7 Å². The van der Waals surface area contributed by atoms with Gasteiger partial charge in [0.25, 0.3) is 0 Å². The number of phenols is 2. The third-order valence-corrected chi connectivity index (χ3v) is 6.09. The van der Waals surface area contributed by atoms with E-state index in [9.17, 15) is 10.2 Å². The zero-order valence-electron chi connectivity index (χ0n) is 15.4. The van der Waals surface area contributed by atoms with Gasteiger partial charge in [-0.15, -0.1) is 0 Å². The third-order valence-electron chi connectivity index (χ3n) is 6.09. The van der Waals surface area contributed by atoms with Crippen molar-refractivity contribution in [3.8, 4) is 23.0 Å². The summed E-state index contributed by atoms with van der Waals surface area (Å²) in [4.78, 5) is 0. The van der Waals surface area contributed by atoms with Crippen LogP contribution in [0.1, 0.15) is 55.7 Å². The summed E-state index contributed by atoms with van der Waals surface area (Å²) in [5, 5.41) is 19.7. The Kier molecular flexibility index (Phi) is 4.22. The van der Waals surface area contributed by atoms with Gasteiger partial charge in [-0.25, -0.2) is 0 Å². The topological polar surface area (TPSA) is 58.9 Å². The Morgan fingerprint density at radius 1 is 1.12 bits per heavy atom. The fourth-order valence-corrected chi connectivity index (χ4v) is 4.30. The van der Waals surface area contributed by atoms with Crippen molar-refractivity contribution in [3.05, 3.63) is 47.0 Å². The van der Waals surface area contributed by atoms with E-state index in [-0.39, 0.29) is 23.0 Å². The van der Waals surface area contributed by atoms with E-state index in [2.05, 4.69) is 26.0 Å². The maximum absolute atomic E-state index is 10.2. The molecular weight excluding hydrogens is 328 g/mol. The Morgan fingerprint density at radius 2 is 1.92 bits per heavy atom. The predicted octanol–water partition coefficient (Wildman–Crippen LogP) is 4.70. The maximum atomic E-state index is 10.2. The lowest BCUT2D eigenvalue weighted by Gasteiger charge is -2.39. The van der Waals surface area contributed by atoms with Crippen LogP contribution >= 0.6 is 0 Å². The molecule has 0 saturated heterocycles. The first-order valence-electron chi connectivity index (χ1n) is 9.53. The molecule has 0 fully saturated rings. The fourth-order valence-electron chi connectivity index (χ4n) is 4.30. The van der Waals surface area contributed by atoms with Crippen LogP contribution in [0.25, 0.3) is 0 Å². The number of hydrogen-bond donors (Lipinski definition) is 2. The molecule has 4 heteroatoms. The Bertz CT molecular complexity index is 823. The van der Waals surface area contributed by atoms with Gasteiger partial charge in [-0.3, -0.25) is 0 Å². The van der Waals surface area contributed by atoms with E-state index < -0.39 is 0 Å². The van der Waals surface area contributed by atoms with Crippen molar-refractivity contribution in [2.75, 3.05) is 6.61 Å². The first-order valence-corrected chi connectivity index (χ1v) is 9.53. The summed E-state index contributed by atoms with van der Waals surface area (Å²) in [6.07, 6.45) is 4.85. The molecule has 2 N–H and O–H groups in total. The van der Waals surface area contributed by atoms with Gasteiger partial charge >= 0.3 is 0 Å². The van der Waals surface area contributed by atoms with E-state index in [1.54, 1.807) is 12.1 Å². The Hall–Kier alpha value is -2.36. The molecule has 1 unspecified atom stereocenters. The quantitative estimate of drug-likeness (QED) is 0.839. The van der Waals surface area contributed by atoms with Crippen molar-refractivity contribution >= 4 is 0 Å². The van der Waals surface area contributed by atoms with Gasteiger partial charge in [0, 0.05) is 23.1 Å². The van der Waals surface area contributed by atoms with Crippen molar-refractivity contribution in [1.29, 1.82) is 0 Å². The molecular formula is C22H26O4. The minimum absolute atomic E-state index is 0.0454. The summed E-state index contributed by atoms with van der Waals surface area (Å²) < 4.78 is 12.5. The van der Waals surface area contributed by atoms with Crippen molar-refractivity contribution in [2.24, 2.45) is 0 Å². The standard InChI is InChI=1S/C22H26O4/c1-3-22(4-2)10-9-18-20(26-22)8-5-14-11-15(13-25-21(14)18)17-7-6-16(23)12-19(17)24/h5-8,12,15,23-24H,3-4,9-11,13H2,1-2H3. The highest BCUT2D eigenvalue weighted by atomic mass is 16.5. The second-order valence-corrected chi connectivity index (χ2v) is 7.48. The lowest BCUT2D eigenvalue weighted by molar-refractivity contribution is 0.0370. The predicted molar refractivity (Wildman–Crippen MR) is 100 cm³/mol. The minimum atomic E-state index is -0.0454. The van der Waals surface area contributed by atoms with Gasteiger partial charge in [-0.05, 0) is 49.8 Å². The molecule has 26 heavy (non-hydrogen) atoms. The summed E-state index contributed by atoms with van der Waals surface area (Å²) in [6, 6.07) is 8.96. The fraction of sp³-hybridized carbons (Fsp3) is 0.455. The molecule has 2 aliphatic rings. The lowest BCUT2D eigenvalue weighted by atomic mass is 9.83. The molecule has 0 aromatic heterocycles. The Balaban J connectivity index is 1.62. The first-order chi connectivity index (χ1) is 12.5. The second kappa shape index (κ2) is 6.42. The van der Waals surface area contributed by atoms with Crippen molar-refractivity contribution in [3.63, 3.8) is 0 Å². The monoisotopic (exact) mass is 354 g/mol. The average Bonchev–Trinajstić information content (AvgIpc) is 2.67. The Labute approximate surface area is 154 Å². The molecule has 2 heterocycles. The van der Waals surface area contributed by atoms with Gasteiger partial charge in [0.1, 0.15) is 28.6 Å². The van der Waals surface area contributed by atoms with Gasteiger partial charge in [-0.2, -0.15) is 0 Å². The second-order valence-electron chi connectivity index (χ2n) is 7.48. The van der Waals surface area contributed by atoms with Crippen LogP contribution in [0.2, 0.25) is 0 Å². The molecule has 138 valence electrons. The zero-order valence-corrected chi connectivity index (χ0v) is 15.4. The van der Waals surface area contributed by atoms with E-state index >= 15 is 0 Å². The van der Waals surface area contributed by atoms with Crippen LogP contribution in [-0.4, -0.2) is 22.4 Å². The molecule has 2 aliphatic heterocycles. The largest absolute Gasteiger partial charge is 0.508 e. The number of rotatable bonds is 3. The van der Waals surface area contributed by atoms with Crippen LogP contribution < -0.4 is 9.47 Å². The molecule has 0 amide bonds. The number of fused-ring (bicyclic) bond motifs is 3. The summed E-state index contributed by atoms with van der Waals surface area (Å²) in [6.45, 7) is 4.91. The molecule has 4 nitrogen and oxygen atoms in total. The van der Waals surface area contributed by atoms with Crippen LogP contribution in [0.4, 0.5) is 0 Å². The zero-order chi connectivity index (χ0) is 18.3. The summed E-state index contributed by atoms with van der Waals surface area (Å²) in [5.74, 6) is 2.21. The molecule has 0 bridgehead atoms. The molecule has 1 atom stereocenters. The average molecular weight is 354 g/mol. The molecule has 0 radical (unpaired) electrons. The molecule has 4 rings (SSSR count). The number of hydrogen-bond acceptors (Lipinski definition) is 4. The number of phenolic OH excluding ortho intramolecular Hbond substituents is 2. The van der Waals surface area contributed by atoms with Crippen LogP contribution in [0.15, 0.2) is 30.3 Å². The minimum Gasteiger partial charge on any atom is -0.508 e. The van der Waals surface area contributed by atoms with Crippen LogP contribution in [0.5, 0.6) is 23.0 Å². The summed E-state index contributed by atoms with van der Waals surface area (Å²) in [5.41, 5.74) is 3.12. The van der Waals surface area contributed by atoms with Crippen LogP contribution in [0, 0.1) is 0 Å². The van der Waals surface area contributed by atoms with Gasteiger partial charge in [0.2, 0.25) is 0 Å². The number of ether oxygens (including phenoxy) is 2. The summed E-state index contributed by atoms with van der Waals surface area (Å²) >= 11 is 0. The van der Waals surface area contributed by atoms with Gasteiger partial charge in [-0.1, -0.05) is 26.0 Å². The van der Waals surface area contributed by atoms with Crippen LogP contribution in [-0.2, 0) is 12.8 Å². The number of aromatic hydroxyl groups is 2. The van der Waals surface area contributed by atoms with Crippen LogP contribution in [0.3, 0.4) is 0 Å². The highest BCUT2D eigenvalue weighted by molar-refractivity contribution is 5.54. The van der Waals surface area contributed by atoms with E-state index in [1.165, 1.54) is 11.6 Å². The smallest absolute Gasteiger partial charge is 0.129 e. The van der Waals surface area contributed by atoms with Gasteiger partial charge in [0.05, 0.1) is 6.61 Å². The maximum Gasteiger partial charge on any atom is 0.129 e. The first kappa shape index (κ1) is 17.1. The molecule has 0 aliphatic carbocycles. The molecule has 0 saturated carbocycles. The number of benzene rings is 2. The highest BCUT2D eigenvalue weighted by Crippen LogP contribution is 2.46. The Morgan fingerprint density at radius 3 is 2.65 bits per heavy atom. The highest BCUT2D eigenvalue weighted by Gasteiger charge is 2.36. The van der Waals surface area contributed by atoms with Crippen molar-refractivity contribution in [1.82, 2.24) is 0 Å². The lowest BCUT2D eigenvalue weighted by Crippen LogP contribution is -2.38. The molecule has 2 aromatic rings. The van der Waals surface area contributed by atoms with E-state index in [0.29, 0.717) is 6.61 Å². The summed E-state index contributed by atoms with van der Waals surface area (Å²) in [7, 11) is 0. The van der Waals surface area contributed by atoms with Gasteiger partial charge < -0.3 is 19.7 Å². The van der Waals surface area contributed by atoms with E-state index in [1.807, 2.05) is 0 Å². The van der Waals surface area contributed by atoms with E-state index in [4.69, 9.17) is 9.47 Å². The SMILES string of the molecule is CCC1(CC)CCc2c(ccc3c2OCC(c2ccc(O)cc2O)C3)O1. The van der Waals surface area contributed by atoms with E-state index in [0.717, 1.165) is 54.7 Å². The normalized spacial score (nSPS) is 20.5. The third kappa shape index (κ3) is 2.77. The molecule has 2 aromatic carbocycles. The molecule has 0 spiro atoms.